The lowest BCUT2D eigenvalue weighted by Gasteiger charge is -2.07. The molecule has 0 heterocycles. The molecule has 4 nitrogen and oxygen atoms in total. The highest BCUT2D eigenvalue weighted by Crippen LogP contribution is 2.28. The monoisotopic (exact) mass is 287 g/mol. The molecule has 0 spiro atoms. The minimum Gasteiger partial charge on any atom is -0.384 e. The van der Waals surface area contributed by atoms with Crippen LogP contribution in [0.25, 0.3) is 0 Å². The molecule has 0 atom stereocenters. The zero-order valence-corrected chi connectivity index (χ0v) is 12.1. The van der Waals surface area contributed by atoms with E-state index in [2.05, 4.69) is 17.2 Å². The maximum Gasteiger partial charge on any atom is 0.252 e. The first-order chi connectivity index (χ1) is 10.3. The number of carbonyl (C=O) groups is 1. The van der Waals surface area contributed by atoms with Crippen molar-refractivity contribution in [3.05, 3.63) is 35.4 Å². The summed E-state index contributed by atoms with van der Waals surface area (Å²) in [5.41, 5.74) is 1.17. The number of rotatable bonds is 7. The van der Waals surface area contributed by atoms with Crippen LogP contribution < -0.4 is 5.32 Å². The van der Waals surface area contributed by atoms with Gasteiger partial charge in [0, 0.05) is 25.3 Å². The molecule has 1 amide bonds. The molecule has 2 N–H and O–H groups in total. The molecule has 0 unspecified atom stereocenters. The Bertz CT molecular complexity index is 526. The van der Waals surface area contributed by atoms with Crippen LogP contribution >= 0.6 is 0 Å². The predicted octanol–water partition coefficient (Wildman–Crippen LogP) is 1.58. The van der Waals surface area contributed by atoms with E-state index in [9.17, 15) is 4.79 Å². The molecule has 0 aliphatic heterocycles. The average molecular weight is 287 g/mol. The maximum absolute atomic E-state index is 12.1. The number of hydrogen-bond acceptors (Lipinski definition) is 3. The summed E-state index contributed by atoms with van der Waals surface area (Å²) in [6.45, 7) is 1.91. The van der Waals surface area contributed by atoms with Gasteiger partial charge in [-0.2, -0.15) is 0 Å². The SMILES string of the molecule is O=C(NCCCOCC1CC1)c1ccccc1C#CCO. The van der Waals surface area contributed by atoms with Crippen LogP contribution in [0.15, 0.2) is 24.3 Å². The molecule has 1 aromatic carbocycles. The summed E-state index contributed by atoms with van der Waals surface area (Å²) in [6, 6.07) is 7.14. The zero-order valence-electron chi connectivity index (χ0n) is 12.1. The Morgan fingerprint density at radius 2 is 2.19 bits per heavy atom. The number of ether oxygens (including phenoxy) is 1. The first-order valence-corrected chi connectivity index (χ1v) is 7.36. The number of carbonyl (C=O) groups excluding carboxylic acids is 1. The van der Waals surface area contributed by atoms with Crippen molar-refractivity contribution in [2.75, 3.05) is 26.4 Å². The van der Waals surface area contributed by atoms with Crippen molar-refractivity contribution in [1.82, 2.24) is 5.32 Å². The Labute approximate surface area is 125 Å². The number of hydrogen-bond donors (Lipinski definition) is 2. The quantitative estimate of drug-likeness (QED) is 0.591. The van der Waals surface area contributed by atoms with E-state index in [1.165, 1.54) is 12.8 Å². The minimum absolute atomic E-state index is 0.139. The van der Waals surface area contributed by atoms with E-state index in [1.807, 2.05) is 6.07 Å². The topological polar surface area (TPSA) is 58.6 Å². The van der Waals surface area contributed by atoms with Crippen LogP contribution in [0.2, 0.25) is 0 Å². The molecule has 0 bridgehead atoms. The van der Waals surface area contributed by atoms with Gasteiger partial charge in [-0.25, -0.2) is 0 Å². The summed E-state index contributed by atoms with van der Waals surface area (Å²) in [4.78, 5) is 12.1. The van der Waals surface area contributed by atoms with Crippen molar-refractivity contribution in [2.24, 2.45) is 5.92 Å². The van der Waals surface area contributed by atoms with Gasteiger partial charge in [-0.3, -0.25) is 4.79 Å². The van der Waals surface area contributed by atoms with Gasteiger partial charge >= 0.3 is 0 Å². The largest absolute Gasteiger partial charge is 0.384 e. The van der Waals surface area contributed by atoms with Crippen LogP contribution in [-0.4, -0.2) is 37.4 Å². The predicted molar refractivity (Wildman–Crippen MR) is 80.9 cm³/mol. The maximum atomic E-state index is 12.1. The van der Waals surface area contributed by atoms with Gasteiger partial charge in [0.25, 0.3) is 5.91 Å². The van der Waals surface area contributed by atoms with Crippen molar-refractivity contribution in [3.8, 4) is 11.8 Å². The van der Waals surface area contributed by atoms with Gasteiger partial charge in [0.1, 0.15) is 6.61 Å². The molecule has 2 rings (SSSR count). The third-order valence-corrected chi connectivity index (χ3v) is 3.28. The fourth-order valence-electron chi connectivity index (χ4n) is 1.93. The van der Waals surface area contributed by atoms with E-state index in [4.69, 9.17) is 9.84 Å². The van der Waals surface area contributed by atoms with Crippen LogP contribution in [0.1, 0.15) is 35.2 Å². The van der Waals surface area contributed by atoms with Gasteiger partial charge in [-0.1, -0.05) is 24.0 Å². The summed E-state index contributed by atoms with van der Waals surface area (Å²) in [5.74, 6) is 5.99. The molecule has 0 radical (unpaired) electrons. The molecule has 112 valence electrons. The van der Waals surface area contributed by atoms with Crippen LogP contribution in [0.4, 0.5) is 0 Å². The molecule has 4 heteroatoms. The number of amides is 1. The van der Waals surface area contributed by atoms with E-state index in [-0.39, 0.29) is 12.5 Å². The molecule has 0 saturated heterocycles. The number of aliphatic hydroxyl groups is 1. The highest BCUT2D eigenvalue weighted by molar-refractivity contribution is 5.96. The van der Waals surface area contributed by atoms with Crippen LogP contribution in [0.5, 0.6) is 0 Å². The lowest BCUT2D eigenvalue weighted by atomic mass is 10.1. The fraction of sp³-hybridized carbons (Fsp3) is 0.471. The number of aliphatic hydroxyl groups excluding tert-OH is 1. The summed E-state index contributed by atoms with van der Waals surface area (Å²) in [6.07, 6.45) is 3.40. The number of nitrogens with one attached hydrogen (secondary N) is 1. The van der Waals surface area contributed by atoms with Gasteiger partial charge in [0.15, 0.2) is 0 Å². The van der Waals surface area contributed by atoms with Crippen molar-refractivity contribution in [2.45, 2.75) is 19.3 Å². The molecule has 1 aromatic rings. The van der Waals surface area contributed by atoms with E-state index in [0.29, 0.717) is 24.3 Å². The van der Waals surface area contributed by atoms with Crippen LogP contribution in [0.3, 0.4) is 0 Å². The molecule has 1 aliphatic rings. The second-order valence-corrected chi connectivity index (χ2v) is 5.13. The average Bonchev–Trinajstić information content (AvgIpc) is 3.33. The molecule has 21 heavy (non-hydrogen) atoms. The molecule has 1 saturated carbocycles. The molecule has 1 aliphatic carbocycles. The summed E-state index contributed by atoms with van der Waals surface area (Å²) in [7, 11) is 0. The highest BCUT2D eigenvalue weighted by Gasteiger charge is 2.20. The number of benzene rings is 1. The smallest absolute Gasteiger partial charge is 0.252 e. The molecule has 1 fully saturated rings. The second kappa shape index (κ2) is 8.46. The highest BCUT2D eigenvalue weighted by atomic mass is 16.5. The van der Waals surface area contributed by atoms with E-state index < -0.39 is 0 Å². The first-order valence-electron chi connectivity index (χ1n) is 7.36. The zero-order chi connectivity index (χ0) is 14.9. The van der Waals surface area contributed by atoms with Crippen molar-refractivity contribution in [1.29, 1.82) is 0 Å². The second-order valence-electron chi connectivity index (χ2n) is 5.13. The van der Waals surface area contributed by atoms with Crippen molar-refractivity contribution >= 4 is 5.91 Å². The van der Waals surface area contributed by atoms with E-state index in [1.54, 1.807) is 18.2 Å². The Morgan fingerprint density at radius 1 is 1.38 bits per heavy atom. The van der Waals surface area contributed by atoms with Gasteiger partial charge in [0.05, 0.1) is 5.56 Å². The standard InChI is InChI=1S/C17H21NO3/c19-11-3-6-15-5-1-2-7-16(15)17(20)18-10-4-12-21-13-14-8-9-14/h1-2,5,7,14,19H,4,8-13H2,(H,18,20). The Kier molecular flexibility index (Phi) is 6.26. The molecule has 0 aromatic heterocycles. The Balaban J connectivity index is 1.74. The van der Waals surface area contributed by atoms with Crippen molar-refractivity contribution in [3.63, 3.8) is 0 Å². The Morgan fingerprint density at radius 3 is 2.95 bits per heavy atom. The molecular formula is C17H21NO3. The van der Waals surface area contributed by atoms with E-state index in [0.717, 1.165) is 18.9 Å². The lowest BCUT2D eigenvalue weighted by Crippen LogP contribution is -2.26. The third-order valence-electron chi connectivity index (χ3n) is 3.28. The lowest BCUT2D eigenvalue weighted by molar-refractivity contribution is 0.0937. The first kappa shape index (κ1) is 15.6. The van der Waals surface area contributed by atoms with Crippen molar-refractivity contribution < 1.29 is 14.6 Å². The van der Waals surface area contributed by atoms with Gasteiger partial charge in [-0.15, -0.1) is 0 Å². The van der Waals surface area contributed by atoms with Crippen LogP contribution in [-0.2, 0) is 4.74 Å². The minimum atomic E-state index is -0.214. The summed E-state index contributed by atoms with van der Waals surface area (Å²) < 4.78 is 5.52. The van der Waals surface area contributed by atoms with Gasteiger partial charge in [-0.05, 0) is 37.3 Å². The fourth-order valence-corrected chi connectivity index (χ4v) is 1.93. The Hall–Kier alpha value is -1.83. The van der Waals surface area contributed by atoms with Gasteiger partial charge in [0.2, 0.25) is 0 Å². The summed E-state index contributed by atoms with van der Waals surface area (Å²) >= 11 is 0. The third kappa shape index (κ3) is 5.58. The molecular weight excluding hydrogens is 266 g/mol. The summed E-state index contributed by atoms with van der Waals surface area (Å²) in [5, 5.41) is 11.6. The van der Waals surface area contributed by atoms with E-state index >= 15 is 0 Å². The normalized spacial score (nSPS) is 13.4. The van der Waals surface area contributed by atoms with Crippen LogP contribution in [0, 0.1) is 17.8 Å². The van der Waals surface area contributed by atoms with Gasteiger partial charge < -0.3 is 15.2 Å².